The second kappa shape index (κ2) is 8.90. The minimum atomic E-state index is -0.219. The lowest BCUT2D eigenvalue weighted by Crippen LogP contribution is -2.43. The zero-order chi connectivity index (χ0) is 21.0. The molecule has 29 heavy (non-hydrogen) atoms. The molecule has 0 aromatic heterocycles. The van der Waals surface area contributed by atoms with E-state index in [9.17, 15) is 14.4 Å². The molecule has 1 saturated heterocycles. The van der Waals surface area contributed by atoms with Gasteiger partial charge in [0.2, 0.25) is 11.8 Å². The van der Waals surface area contributed by atoms with Gasteiger partial charge in [-0.05, 0) is 49.6 Å². The van der Waals surface area contributed by atoms with Gasteiger partial charge in [0.15, 0.2) is 0 Å². The Morgan fingerprint density at radius 2 is 1.83 bits per heavy atom. The van der Waals surface area contributed by atoms with E-state index in [1.54, 1.807) is 15.9 Å². The molecule has 2 aromatic rings. The standard InChI is InChI=1S/C23H27N3O3/c1-4-12-24(23(29)20-11-6-5-9-18(20)3)14-21(27)25-15-22(28)26(16-25)19-10-7-8-17(2)13-19/h5-11,13H,4,12,14-16H2,1-3H3. The zero-order valence-corrected chi connectivity index (χ0v) is 17.2. The molecule has 0 atom stereocenters. The van der Waals surface area contributed by atoms with Crippen LogP contribution in [0.2, 0.25) is 0 Å². The Balaban J connectivity index is 1.71. The lowest BCUT2D eigenvalue weighted by atomic mass is 10.1. The van der Waals surface area contributed by atoms with Gasteiger partial charge in [-0.3, -0.25) is 19.3 Å². The molecule has 3 amide bonds. The van der Waals surface area contributed by atoms with Crippen molar-refractivity contribution < 1.29 is 14.4 Å². The van der Waals surface area contributed by atoms with E-state index in [4.69, 9.17) is 0 Å². The molecule has 1 aliphatic rings. The molecule has 0 spiro atoms. The molecular formula is C23H27N3O3. The fourth-order valence-corrected chi connectivity index (χ4v) is 3.51. The molecule has 0 aliphatic carbocycles. The maximum Gasteiger partial charge on any atom is 0.254 e. The molecular weight excluding hydrogens is 366 g/mol. The zero-order valence-electron chi connectivity index (χ0n) is 17.2. The van der Waals surface area contributed by atoms with Crippen molar-refractivity contribution in [3.8, 4) is 0 Å². The minimum absolute atomic E-state index is 0.0318. The molecule has 0 bridgehead atoms. The Labute approximate surface area is 171 Å². The summed E-state index contributed by atoms with van der Waals surface area (Å²) in [5, 5.41) is 0. The van der Waals surface area contributed by atoms with Crippen molar-refractivity contribution in [3.05, 3.63) is 65.2 Å². The van der Waals surface area contributed by atoms with Crippen LogP contribution in [0.3, 0.4) is 0 Å². The number of aryl methyl sites for hydroxylation is 2. The van der Waals surface area contributed by atoms with Crippen LogP contribution in [0, 0.1) is 13.8 Å². The van der Waals surface area contributed by atoms with E-state index in [1.165, 1.54) is 4.90 Å². The molecule has 1 heterocycles. The topological polar surface area (TPSA) is 60.9 Å². The van der Waals surface area contributed by atoms with E-state index >= 15 is 0 Å². The van der Waals surface area contributed by atoms with Gasteiger partial charge in [0.25, 0.3) is 5.91 Å². The Morgan fingerprint density at radius 1 is 1.07 bits per heavy atom. The highest BCUT2D eigenvalue weighted by Gasteiger charge is 2.33. The monoisotopic (exact) mass is 393 g/mol. The number of hydrogen-bond acceptors (Lipinski definition) is 3. The fraction of sp³-hybridized carbons (Fsp3) is 0.348. The van der Waals surface area contributed by atoms with E-state index in [-0.39, 0.29) is 37.5 Å². The van der Waals surface area contributed by atoms with Crippen molar-refractivity contribution in [2.75, 3.05) is 31.2 Å². The van der Waals surface area contributed by atoms with Crippen LogP contribution in [0.5, 0.6) is 0 Å². The summed E-state index contributed by atoms with van der Waals surface area (Å²) in [4.78, 5) is 43.0. The smallest absolute Gasteiger partial charge is 0.254 e. The molecule has 2 aromatic carbocycles. The summed E-state index contributed by atoms with van der Waals surface area (Å²) in [5.41, 5.74) is 3.32. The first kappa shape index (κ1) is 20.6. The quantitative estimate of drug-likeness (QED) is 0.758. The third kappa shape index (κ3) is 4.65. The lowest BCUT2D eigenvalue weighted by Gasteiger charge is -2.25. The van der Waals surface area contributed by atoms with Gasteiger partial charge in [-0.1, -0.05) is 37.3 Å². The number of carbonyl (C=O) groups is 3. The number of carbonyl (C=O) groups excluding carboxylic acids is 3. The Kier molecular flexibility index (Phi) is 6.32. The summed E-state index contributed by atoms with van der Waals surface area (Å²) in [6.45, 7) is 6.52. The van der Waals surface area contributed by atoms with Gasteiger partial charge in [-0.25, -0.2) is 0 Å². The van der Waals surface area contributed by atoms with Crippen molar-refractivity contribution in [1.29, 1.82) is 0 Å². The normalized spacial score (nSPS) is 13.7. The van der Waals surface area contributed by atoms with Crippen LogP contribution < -0.4 is 4.90 Å². The van der Waals surface area contributed by atoms with Gasteiger partial charge in [-0.15, -0.1) is 0 Å². The highest BCUT2D eigenvalue weighted by atomic mass is 16.2. The van der Waals surface area contributed by atoms with Gasteiger partial charge >= 0.3 is 0 Å². The summed E-state index contributed by atoms with van der Waals surface area (Å²) in [7, 11) is 0. The molecule has 0 saturated carbocycles. The number of rotatable bonds is 6. The van der Waals surface area contributed by atoms with E-state index in [0.717, 1.165) is 23.2 Å². The molecule has 152 valence electrons. The van der Waals surface area contributed by atoms with Crippen LogP contribution in [0.15, 0.2) is 48.5 Å². The van der Waals surface area contributed by atoms with E-state index in [0.29, 0.717) is 12.1 Å². The average Bonchev–Trinajstić information content (AvgIpc) is 3.09. The molecule has 6 heteroatoms. The molecule has 0 N–H and O–H groups in total. The number of anilines is 1. The predicted molar refractivity (Wildman–Crippen MR) is 113 cm³/mol. The maximum absolute atomic E-state index is 13.0. The van der Waals surface area contributed by atoms with Gasteiger partial charge < -0.3 is 9.80 Å². The first-order valence-electron chi connectivity index (χ1n) is 9.90. The fourth-order valence-electron chi connectivity index (χ4n) is 3.51. The maximum atomic E-state index is 13.0. The highest BCUT2D eigenvalue weighted by molar-refractivity contribution is 6.01. The summed E-state index contributed by atoms with van der Waals surface area (Å²) in [5.74, 6) is -0.487. The number of benzene rings is 2. The van der Waals surface area contributed by atoms with Crippen LogP contribution in [-0.2, 0) is 9.59 Å². The minimum Gasteiger partial charge on any atom is -0.329 e. The van der Waals surface area contributed by atoms with E-state index in [2.05, 4.69) is 0 Å². The molecule has 1 fully saturated rings. The van der Waals surface area contributed by atoms with Crippen molar-refractivity contribution in [1.82, 2.24) is 9.80 Å². The van der Waals surface area contributed by atoms with E-state index < -0.39 is 0 Å². The Morgan fingerprint density at radius 3 is 2.52 bits per heavy atom. The van der Waals surface area contributed by atoms with Crippen molar-refractivity contribution in [3.63, 3.8) is 0 Å². The Bertz CT molecular complexity index is 925. The lowest BCUT2D eigenvalue weighted by molar-refractivity contribution is -0.132. The van der Waals surface area contributed by atoms with Crippen LogP contribution in [0.1, 0.15) is 34.8 Å². The predicted octanol–water partition coefficient (Wildman–Crippen LogP) is 2.99. The summed E-state index contributed by atoms with van der Waals surface area (Å²) in [6, 6.07) is 15.0. The van der Waals surface area contributed by atoms with Gasteiger partial charge in [0.05, 0.1) is 0 Å². The number of nitrogens with zero attached hydrogens (tertiary/aromatic N) is 3. The summed E-state index contributed by atoms with van der Waals surface area (Å²) >= 11 is 0. The van der Waals surface area contributed by atoms with Gasteiger partial charge in [0.1, 0.15) is 19.8 Å². The van der Waals surface area contributed by atoms with Crippen LogP contribution in [0.4, 0.5) is 5.69 Å². The van der Waals surface area contributed by atoms with Gasteiger partial charge in [-0.2, -0.15) is 0 Å². The largest absolute Gasteiger partial charge is 0.329 e. The first-order valence-corrected chi connectivity index (χ1v) is 9.90. The summed E-state index contributed by atoms with van der Waals surface area (Å²) < 4.78 is 0. The molecule has 6 nitrogen and oxygen atoms in total. The molecule has 0 radical (unpaired) electrons. The van der Waals surface area contributed by atoms with Crippen LogP contribution in [0.25, 0.3) is 0 Å². The first-order chi connectivity index (χ1) is 13.9. The SMILES string of the molecule is CCCN(CC(=O)N1CC(=O)N(c2cccc(C)c2)C1)C(=O)c1ccccc1C. The Hall–Kier alpha value is -3.15. The molecule has 1 aliphatic heterocycles. The highest BCUT2D eigenvalue weighted by Crippen LogP contribution is 2.21. The molecule has 3 rings (SSSR count). The van der Waals surface area contributed by atoms with Gasteiger partial charge in [0, 0.05) is 17.8 Å². The van der Waals surface area contributed by atoms with Crippen molar-refractivity contribution in [2.24, 2.45) is 0 Å². The van der Waals surface area contributed by atoms with Crippen molar-refractivity contribution >= 4 is 23.4 Å². The third-order valence-corrected chi connectivity index (χ3v) is 5.09. The van der Waals surface area contributed by atoms with E-state index in [1.807, 2.05) is 63.2 Å². The number of hydrogen-bond donors (Lipinski definition) is 0. The third-order valence-electron chi connectivity index (χ3n) is 5.09. The van der Waals surface area contributed by atoms with Crippen LogP contribution >= 0.6 is 0 Å². The summed E-state index contributed by atoms with van der Waals surface area (Å²) in [6.07, 6.45) is 0.749. The molecule has 0 unspecified atom stereocenters. The number of amides is 3. The second-order valence-electron chi connectivity index (χ2n) is 7.44. The average molecular weight is 393 g/mol. The second-order valence-corrected chi connectivity index (χ2v) is 7.44. The van der Waals surface area contributed by atoms with Crippen molar-refractivity contribution in [2.45, 2.75) is 27.2 Å². The van der Waals surface area contributed by atoms with Crippen LogP contribution in [-0.4, -0.2) is 53.8 Å².